The van der Waals surface area contributed by atoms with Crippen LogP contribution in [0.1, 0.15) is 22.8 Å². The molecular weight excluding hydrogens is 298 g/mol. The van der Waals surface area contributed by atoms with Crippen LogP contribution in [0.3, 0.4) is 0 Å². The molecule has 2 aromatic rings. The Labute approximate surface area is 120 Å². The summed E-state index contributed by atoms with van der Waals surface area (Å²) in [6.45, 7) is 1.77. The highest BCUT2D eigenvalue weighted by atomic mass is 32.2. The maximum absolute atomic E-state index is 12.3. The van der Waals surface area contributed by atoms with Gasteiger partial charge >= 0.3 is 5.97 Å². The molecule has 0 amide bonds. The van der Waals surface area contributed by atoms with Gasteiger partial charge in [0.05, 0.1) is 17.5 Å². The minimum atomic E-state index is -3.99. The SMILES string of the molecule is CCc1ccc(C(=O)O)cc1S(=O)(=O)Nc1nnn(C)n1. The lowest BCUT2D eigenvalue weighted by molar-refractivity contribution is 0.0696. The third-order valence-corrected chi connectivity index (χ3v) is 4.13. The molecule has 1 aromatic heterocycles. The summed E-state index contributed by atoms with van der Waals surface area (Å²) in [5.74, 6) is -1.38. The third kappa shape index (κ3) is 3.16. The first-order chi connectivity index (χ1) is 9.83. The van der Waals surface area contributed by atoms with E-state index in [2.05, 4.69) is 20.1 Å². The molecule has 0 radical (unpaired) electrons. The molecule has 21 heavy (non-hydrogen) atoms. The van der Waals surface area contributed by atoms with Gasteiger partial charge in [-0.25, -0.2) is 17.9 Å². The van der Waals surface area contributed by atoms with Crippen LogP contribution in [0.5, 0.6) is 0 Å². The number of nitrogens with zero attached hydrogens (tertiary/aromatic N) is 4. The number of hydrogen-bond donors (Lipinski definition) is 2. The number of tetrazole rings is 1. The number of nitrogens with one attached hydrogen (secondary N) is 1. The molecule has 112 valence electrons. The van der Waals surface area contributed by atoms with Crippen molar-refractivity contribution in [3.8, 4) is 0 Å². The second kappa shape index (κ2) is 5.48. The number of anilines is 1. The van der Waals surface area contributed by atoms with E-state index in [-0.39, 0.29) is 16.4 Å². The van der Waals surface area contributed by atoms with Crippen LogP contribution in [0.15, 0.2) is 23.1 Å². The van der Waals surface area contributed by atoms with Crippen molar-refractivity contribution in [2.75, 3.05) is 4.72 Å². The van der Waals surface area contributed by atoms with Crippen LogP contribution in [0.25, 0.3) is 0 Å². The summed E-state index contributed by atoms with van der Waals surface area (Å²) >= 11 is 0. The van der Waals surface area contributed by atoms with Crippen molar-refractivity contribution in [1.82, 2.24) is 20.2 Å². The van der Waals surface area contributed by atoms with E-state index >= 15 is 0 Å². The maximum atomic E-state index is 12.3. The minimum absolute atomic E-state index is 0.111. The highest BCUT2D eigenvalue weighted by molar-refractivity contribution is 7.92. The molecule has 0 aliphatic carbocycles. The number of rotatable bonds is 5. The molecule has 2 N–H and O–H groups in total. The van der Waals surface area contributed by atoms with Crippen LogP contribution in [-0.2, 0) is 23.5 Å². The van der Waals surface area contributed by atoms with E-state index in [0.29, 0.717) is 12.0 Å². The molecule has 2 rings (SSSR count). The molecule has 1 aromatic carbocycles. The van der Waals surface area contributed by atoms with Crippen molar-refractivity contribution in [2.24, 2.45) is 7.05 Å². The topological polar surface area (TPSA) is 127 Å². The van der Waals surface area contributed by atoms with Crippen LogP contribution >= 0.6 is 0 Å². The highest BCUT2D eigenvalue weighted by Crippen LogP contribution is 2.20. The number of carboxylic acids is 1. The first kappa shape index (κ1) is 14.9. The molecule has 0 atom stereocenters. The molecule has 0 fully saturated rings. The summed E-state index contributed by atoms with van der Waals surface area (Å²) in [6, 6.07) is 3.95. The molecule has 10 heteroatoms. The van der Waals surface area contributed by atoms with Crippen LogP contribution in [0, 0.1) is 0 Å². The van der Waals surface area contributed by atoms with Gasteiger partial charge in [-0.2, -0.15) is 4.80 Å². The summed E-state index contributed by atoms with van der Waals surface area (Å²) in [5.41, 5.74) is 0.385. The quantitative estimate of drug-likeness (QED) is 0.811. The molecule has 0 saturated carbocycles. The second-order valence-electron chi connectivity index (χ2n) is 4.19. The normalized spacial score (nSPS) is 11.3. The van der Waals surface area contributed by atoms with Crippen molar-refractivity contribution in [3.05, 3.63) is 29.3 Å². The number of carboxylic acid groups (broad SMARTS) is 1. The summed E-state index contributed by atoms with van der Waals surface area (Å²) in [5, 5.41) is 19.8. The van der Waals surface area contributed by atoms with Crippen molar-refractivity contribution in [1.29, 1.82) is 0 Å². The number of sulfonamides is 1. The van der Waals surface area contributed by atoms with Crippen LogP contribution < -0.4 is 4.72 Å². The monoisotopic (exact) mass is 311 g/mol. The predicted octanol–water partition coefficient (Wildman–Crippen LogP) is 0.271. The molecular formula is C11H13N5O4S. The van der Waals surface area contributed by atoms with Gasteiger partial charge in [0.15, 0.2) is 0 Å². The molecule has 0 bridgehead atoms. The number of carbonyl (C=O) groups is 1. The smallest absolute Gasteiger partial charge is 0.335 e. The zero-order chi connectivity index (χ0) is 15.6. The second-order valence-corrected chi connectivity index (χ2v) is 5.84. The first-order valence-electron chi connectivity index (χ1n) is 5.96. The van der Waals surface area contributed by atoms with E-state index in [9.17, 15) is 13.2 Å². The van der Waals surface area contributed by atoms with Gasteiger partial charge in [0, 0.05) is 0 Å². The van der Waals surface area contributed by atoms with Gasteiger partial charge in [-0.05, 0) is 29.3 Å². The Morgan fingerprint density at radius 1 is 1.43 bits per heavy atom. The summed E-state index contributed by atoms with van der Waals surface area (Å²) in [4.78, 5) is 12.0. The Morgan fingerprint density at radius 3 is 2.67 bits per heavy atom. The Morgan fingerprint density at radius 2 is 2.14 bits per heavy atom. The summed E-state index contributed by atoms with van der Waals surface area (Å²) < 4.78 is 26.9. The molecule has 0 unspecified atom stereocenters. The van der Waals surface area contributed by atoms with E-state index in [0.717, 1.165) is 10.9 Å². The number of aromatic nitrogens is 4. The summed E-state index contributed by atoms with van der Waals surface area (Å²) in [6.07, 6.45) is 0.435. The van der Waals surface area contributed by atoms with Crippen molar-refractivity contribution in [2.45, 2.75) is 18.2 Å². The fourth-order valence-corrected chi connectivity index (χ4v) is 3.00. The standard InChI is InChI=1S/C11H13N5O4S/c1-3-7-4-5-8(10(17)18)6-9(7)21(19,20)14-11-12-15-16(2)13-11/h4-6H,3H2,1-2H3,(H,13,14)(H,17,18). The number of hydrogen-bond acceptors (Lipinski definition) is 6. The third-order valence-electron chi connectivity index (χ3n) is 2.72. The zero-order valence-electron chi connectivity index (χ0n) is 11.3. The fourth-order valence-electron chi connectivity index (χ4n) is 1.73. The van der Waals surface area contributed by atoms with Crippen molar-refractivity contribution < 1.29 is 18.3 Å². The molecule has 0 spiro atoms. The lowest BCUT2D eigenvalue weighted by Gasteiger charge is -2.10. The van der Waals surface area contributed by atoms with Gasteiger partial charge in [-0.3, -0.25) is 0 Å². The molecule has 9 nitrogen and oxygen atoms in total. The van der Waals surface area contributed by atoms with Gasteiger partial charge < -0.3 is 5.11 Å². The van der Waals surface area contributed by atoms with Gasteiger partial charge in [0.2, 0.25) is 0 Å². The summed E-state index contributed by atoms with van der Waals surface area (Å²) in [7, 11) is -2.50. The lowest BCUT2D eigenvalue weighted by atomic mass is 10.1. The van der Waals surface area contributed by atoms with Crippen molar-refractivity contribution in [3.63, 3.8) is 0 Å². The Bertz CT molecular complexity index is 784. The van der Waals surface area contributed by atoms with Crippen LogP contribution in [-0.4, -0.2) is 39.7 Å². The zero-order valence-corrected chi connectivity index (χ0v) is 12.1. The Balaban J connectivity index is 2.47. The predicted molar refractivity (Wildman–Crippen MR) is 72.4 cm³/mol. The highest BCUT2D eigenvalue weighted by Gasteiger charge is 2.21. The van der Waals surface area contributed by atoms with Crippen molar-refractivity contribution >= 4 is 21.9 Å². The maximum Gasteiger partial charge on any atom is 0.335 e. The lowest BCUT2D eigenvalue weighted by Crippen LogP contribution is -2.17. The molecule has 0 aliphatic heterocycles. The minimum Gasteiger partial charge on any atom is -0.478 e. The van der Waals surface area contributed by atoms with E-state index in [1.807, 2.05) is 0 Å². The Hall–Kier alpha value is -2.49. The van der Waals surface area contributed by atoms with Gasteiger partial charge in [0.1, 0.15) is 0 Å². The largest absolute Gasteiger partial charge is 0.478 e. The van der Waals surface area contributed by atoms with Gasteiger partial charge in [-0.15, -0.1) is 5.10 Å². The number of aryl methyl sites for hydroxylation is 2. The van der Waals surface area contributed by atoms with Gasteiger partial charge in [-0.1, -0.05) is 18.1 Å². The Kier molecular flexibility index (Phi) is 3.89. The average Bonchev–Trinajstić information content (AvgIpc) is 2.82. The van der Waals surface area contributed by atoms with Crippen LogP contribution in [0.4, 0.5) is 5.95 Å². The van der Waals surface area contributed by atoms with E-state index in [1.54, 1.807) is 6.92 Å². The number of benzene rings is 1. The van der Waals surface area contributed by atoms with E-state index in [4.69, 9.17) is 5.11 Å². The molecule has 0 aliphatic rings. The molecule has 0 saturated heterocycles. The van der Waals surface area contributed by atoms with Gasteiger partial charge in [0.25, 0.3) is 16.0 Å². The fraction of sp³-hybridized carbons (Fsp3) is 0.273. The number of aromatic carboxylic acids is 1. The average molecular weight is 311 g/mol. The van der Waals surface area contributed by atoms with E-state index < -0.39 is 16.0 Å². The molecule has 1 heterocycles. The first-order valence-corrected chi connectivity index (χ1v) is 7.45. The van der Waals surface area contributed by atoms with Crippen LogP contribution in [0.2, 0.25) is 0 Å². The van der Waals surface area contributed by atoms with E-state index in [1.165, 1.54) is 19.2 Å².